The van der Waals surface area contributed by atoms with E-state index in [2.05, 4.69) is 31.3 Å². The molecule has 0 aliphatic heterocycles. The third-order valence-corrected chi connectivity index (χ3v) is 6.50. The molecule has 0 unspecified atom stereocenters. The molecule has 2 aliphatic carbocycles. The van der Waals surface area contributed by atoms with Crippen molar-refractivity contribution in [2.24, 2.45) is 21.8 Å². The molecule has 0 radical (unpaired) electrons. The van der Waals surface area contributed by atoms with E-state index in [4.69, 9.17) is 0 Å². The summed E-state index contributed by atoms with van der Waals surface area (Å²) in [4.78, 5) is 24.1. The number of hydrogen-bond acceptors (Lipinski definition) is 3. The number of carbonyl (C=O) groups excluding carboxylic acids is 2. The molecule has 0 saturated heterocycles. The minimum absolute atomic E-state index is 0.00794. The fourth-order valence-corrected chi connectivity index (χ4v) is 4.28. The molecule has 1 N–H and O–H groups in total. The van der Waals surface area contributed by atoms with Gasteiger partial charge in [0.05, 0.1) is 0 Å². The van der Waals surface area contributed by atoms with Gasteiger partial charge in [-0.25, -0.2) is 5.43 Å². The Morgan fingerprint density at radius 3 is 2.46 bits per heavy atom. The van der Waals surface area contributed by atoms with Crippen molar-refractivity contribution in [3.05, 3.63) is 35.9 Å². The minimum atomic E-state index is -0.184. The lowest BCUT2D eigenvalue weighted by molar-refractivity contribution is -0.121. The molecule has 2 fully saturated rings. The smallest absolute Gasteiger partial charge is 0.240 e. The quantitative estimate of drug-likeness (QED) is 0.657. The normalized spacial score (nSPS) is 29.0. The first-order valence-electron chi connectivity index (χ1n) is 8.79. The molecule has 2 bridgehead atoms. The molecule has 2 aliphatic rings. The van der Waals surface area contributed by atoms with Gasteiger partial charge in [-0.2, -0.15) is 5.10 Å². The first kappa shape index (κ1) is 16.9. The van der Waals surface area contributed by atoms with Crippen LogP contribution in [0.3, 0.4) is 0 Å². The highest BCUT2D eigenvalue weighted by Crippen LogP contribution is 2.63. The third kappa shape index (κ3) is 2.79. The van der Waals surface area contributed by atoms with Gasteiger partial charge in [0.2, 0.25) is 5.91 Å². The van der Waals surface area contributed by atoms with Gasteiger partial charge < -0.3 is 0 Å². The predicted molar refractivity (Wildman–Crippen MR) is 94.8 cm³/mol. The molecule has 0 heterocycles. The van der Waals surface area contributed by atoms with E-state index in [0.717, 1.165) is 18.6 Å². The van der Waals surface area contributed by atoms with E-state index in [0.29, 0.717) is 11.5 Å². The van der Waals surface area contributed by atoms with E-state index in [1.807, 2.05) is 18.2 Å². The molecule has 4 nitrogen and oxygen atoms in total. The molecule has 0 spiro atoms. The Kier molecular flexibility index (Phi) is 4.33. The van der Waals surface area contributed by atoms with Crippen molar-refractivity contribution in [3.8, 4) is 0 Å². The van der Waals surface area contributed by atoms with Crippen LogP contribution in [-0.4, -0.2) is 17.4 Å². The van der Waals surface area contributed by atoms with Crippen LogP contribution in [0.15, 0.2) is 35.4 Å². The summed E-state index contributed by atoms with van der Waals surface area (Å²) in [5.41, 5.74) is 4.78. The Bertz CT molecular complexity index is 678. The summed E-state index contributed by atoms with van der Waals surface area (Å²) in [5.74, 6) is 0.472. The van der Waals surface area contributed by atoms with Crippen LogP contribution in [0.25, 0.3) is 0 Å². The third-order valence-electron chi connectivity index (χ3n) is 6.50. The summed E-state index contributed by atoms with van der Waals surface area (Å²) >= 11 is 0. The van der Waals surface area contributed by atoms with E-state index < -0.39 is 0 Å². The number of nitrogens with zero attached hydrogens (tertiary/aromatic N) is 1. The first-order chi connectivity index (χ1) is 11.3. The standard InChI is InChI=1S/C20H26N2O2/c1-19(2)15-11-12-20(19,3)17(13-15)21-22-18(24)10-9-16(23)14-7-5-4-6-8-14/h4-8,15H,9-13H2,1-3H3,(H,22,24)/b21-17+/t15-,20-/m0/s1. The molecule has 4 heteroatoms. The minimum Gasteiger partial charge on any atom is -0.294 e. The number of ketones is 1. The van der Waals surface area contributed by atoms with E-state index in [-0.39, 0.29) is 35.4 Å². The number of rotatable bonds is 5. The van der Waals surface area contributed by atoms with Crippen LogP contribution >= 0.6 is 0 Å². The van der Waals surface area contributed by atoms with Crippen LogP contribution in [0, 0.1) is 16.7 Å². The van der Waals surface area contributed by atoms with Crippen molar-refractivity contribution in [1.29, 1.82) is 0 Å². The van der Waals surface area contributed by atoms with Crippen LogP contribution < -0.4 is 5.43 Å². The lowest BCUT2D eigenvalue weighted by Gasteiger charge is -2.34. The second-order valence-electron chi connectivity index (χ2n) is 7.88. The van der Waals surface area contributed by atoms with Gasteiger partial charge in [0.15, 0.2) is 5.78 Å². The SMILES string of the molecule is CC1(C)[C@H]2CC[C@@]1(C)/C(=N/NC(=O)CCC(=O)c1ccccc1)C2. The molecule has 2 atom stereocenters. The lowest BCUT2D eigenvalue weighted by Crippen LogP contribution is -2.34. The fraction of sp³-hybridized carbons (Fsp3) is 0.550. The van der Waals surface area contributed by atoms with Crippen molar-refractivity contribution in [2.75, 3.05) is 0 Å². The summed E-state index contributed by atoms with van der Waals surface area (Å²) in [7, 11) is 0. The second-order valence-corrected chi connectivity index (χ2v) is 7.88. The summed E-state index contributed by atoms with van der Waals surface area (Å²) < 4.78 is 0. The topological polar surface area (TPSA) is 58.5 Å². The average molecular weight is 326 g/mol. The van der Waals surface area contributed by atoms with Gasteiger partial charge in [-0.15, -0.1) is 0 Å². The van der Waals surface area contributed by atoms with Gasteiger partial charge in [0.1, 0.15) is 0 Å². The van der Waals surface area contributed by atoms with E-state index in [1.165, 1.54) is 6.42 Å². The van der Waals surface area contributed by atoms with Crippen molar-refractivity contribution < 1.29 is 9.59 Å². The van der Waals surface area contributed by atoms with Gasteiger partial charge >= 0.3 is 0 Å². The van der Waals surface area contributed by atoms with Crippen molar-refractivity contribution in [2.45, 2.75) is 52.9 Å². The molecule has 1 aromatic carbocycles. The molecule has 128 valence electrons. The van der Waals surface area contributed by atoms with Crippen molar-refractivity contribution >= 4 is 17.4 Å². The maximum atomic E-state index is 12.0. The Labute approximate surface area is 143 Å². The molecule has 1 amide bonds. The van der Waals surface area contributed by atoms with Crippen LogP contribution in [0.5, 0.6) is 0 Å². The Balaban J connectivity index is 1.54. The van der Waals surface area contributed by atoms with Crippen LogP contribution in [0.2, 0.25) is 0 Å². The van der Waals surface area contributed by atoms with Gasteiger partial charge in [-0.3, -0.25) is 9.59 Å². The molecular formula is C20H26N2O2. The highest BCUT2D eigenvalue weighted by Gasteiger charge is 2.59. The number of benzene rings is 1. The number of carbonyl (C=O) groups is 2. The highest BCUT2D eigenvalue weighted by atomic mass is 16.2. The van der Waals surface area contributed by atoms with Crippen molar-refractivity contribution in [3.63, 3.8) is 0 Å². The number of amides is 1. The Morgan fingerprint density at radius 1 is 1.17 bits per heavy atom. The Hall–Kier alpha value is -1.97. The molecule has 3 rings (SSSR count). The van der Waals surface area contributed by atoms with E-state index in [1.54, 1.807) is 12.1 Å². The summed E-state index contributed by atoms with van der Waals surface area (Å²) in [6, 6.07) is 9.09. The van der Waals surface area contributed by atoms with Crippen LogP contribution in [0.1, 0.15) is 63.2 Å². The number of nitrogens with one attached hydrogen (secondary N) is 1. The molecular weight excluding hydrogens is 300 g/mol. The summed E-state index contributed by atoms with van der Waals surface area (Å²) in [5, 5.41) is 4.43. The summed E-state index contributed by atoms with van der Waals surface area (Å²) in [6.07, 6.45) is 3.76. The number of hydrazone groups is 1. The van der Waals surface area contributed by atoms with Gasteiger partial charge in [0, 0.05) is 29.5 Å². The zero-order valence-electron chi connectivity index (χ0n) is 14.8. The van der Waals surface area contributed by atoms with Gasteiger partial charge in [-0.05, 0) is 30.6 Å². The fourth-order valence-electron chi connectivity index (χ4n) is 4.28. The molecule has 0 aromatic heterocycles. The van der Waals surface area contributed by atoms with E-state index in [9.17, 15) is 9.59 Å². The number of fused-ring (bicyclic) bond motifs is 2. The first-order valence-corrected chi connectivity index (χ1v) is 8.79. The average Bonchev–Trinajstić information content (AvgIpc) is 2.91. The predicted octanol–water partition coefficient (Wildman–Crippen LogP) is 3.97. The largest absolute Gasteiger partial charge is 0.294 e. The van der Waals surface area contributed by atoms with Crippen LogP contribution in [0.4, 0.5) is 0 Å². The zero-order chi connectivity index (χ0) is 17.4. The van der Waals surface area contributed by atoms with E-state index >= 15 is 0 Å². The maximum absolute atomic E-state index is 12.0. The lowest BCUT2D eigenvalue weighted by atomic mass is 9.70. The molecule has 24 heavy (non-hydrogen) atoms. The zero-order valence-corrected chi connectivity index (χ0v) is 14.8. The molecule has 2 saturated carbocycles. The number of hydrogen-bond donors (Lipinski definition) is 1. The van der Waals surface area contributed by atoms with Gasteiger partial charge in [0.25, 0.3) is 0 Å². The maximum Gasteiger partial charge on any atom is 0.240 e. The molecule has 1 aromatic rings. The summed E-state index contributed by atoms with van der Waals surface area (Å²) in [6.45, 7) is 6.89. The van der Waals surface area contributed by atoms with Crippen LogP contribution in [-0.2, 0) is 4.79 Å². The van der Waals surface area contributed by atoms with Gasteiger partial charge in [-0.1, -0.05) is 51.1 Å². The highest BCUT2D eigenvalue weighted by molar-refractivity contribution is 5.98. The number of Topliss-reactive ketones (excluding diaryl/α,β-unsaturated/α-hetero) is 1. The Morgan fingerprint density at radius 2 is 1.88 bits per heavy atom. The second kappa shape index (κ2) is 6.15. The van der Waals surface area contributed by atoms with Crippen molar-refractivity contribution in [1.82, 2.24) is 5.43 Å². The monoisotopic (exact) mass is 326 g/mol.